The van der Waals surface area contributed by atoms with Crippen molar-refractivity contribution in [3.8, 4) is 11.5 Å². The van der Waals surface area contributed by atoms with Crippen molar-refractivity contribution < 1.29 is 14.3 Å². The van der Waals surface area contributed by atoms with Crippen molar-refractivity contribution in [1.82, 2.24) is 5.43 Å². The van der Waals surface area contributed by atoms with Gasteiger partial charge in [0.25, 0.3) is 5.91 Å². The molecule has 0 heterocycles. The molecule has 5 nitrogen and oxygen atoms in total. The first-order valence-corrected chi connectivity index (χ1v) is 8.28. The molecule has 126 valence electrons. The van der Waals surface area contributed by atoms with Crippen LogP contribution < -0.4 is 14.9 Å². The molecule has 0 spiro atoms. The summed E-state index contributed by atoms with van der Waals surface area (Å²) in [7, 11) is 3.15. The van der Waals surface area contributed by atoms with Gasteiger partial charge in [-0.2, -0.15) is 5.10 Å². The Kier molecular flexibility index (Phi) is 6.69. The summed E-state index contributed by atoms with van der Waals surface area (Å²) in [6.45, 7) is 1.85. The number of rotatable bonds is 7. The number of nitrogens with one attached hydrogen (secondary N) is 1. The molecule has 0 aliphatic carbocycles. The summed E-state index contributed by atoms with van der Waals surface area (Å²) >= 11 is 1.49. The molecule has 1 atom stereocenters. The van der Waals surface area contributed by atoms with E-state index < -0.39 is 0 Å². The zero-order chi connectivity index (χ0) is 17.4. The summed E-state index contributed by atoms with van der Waals surface area (Å²) in [6.07, 6.45) is 1.57. The van der Waals surface area contributed by atoms with Crippen LogP contribution in [0.1, 0.15) is 12.5 Å². The lowest BCUT2D eigenvalue weighted by Crippen LogP contribution is -2.26. The van der Waals surface area contributed by atoms with Crippen molar-refractivity contribution in [2.45, 2.75) is 17.1 Å². The zero-order valence-corrected chi connectivity index (χ0v) is 14.7. The molecule has 0 aromatic heterocycles. The molecule has 0 aliphatic rings. The summed E-state index contributed by atoms with van der Waals surface area (Å²) in [5.41, 5.74) is 3.36. The average molecular weight is 344 g/mol. The predicted molar refractivity (Wildman–Crippen MR) is 97.0 cm³/mol. The smallest absolute Gasteiger partial charge is 0.253 e. The summed E-state index contributed by atoms with van der Waals surface area (Å²) in [5.74, 6) is 1.10. The van der Waals surface area contributed by atoms with Crippen LogP contribution in [0.15, 0.2) is 58.5 Å². The fourth-order valence-electron chi connectivity index (χ4n) is 1.95. The normalized spacial score (nSPS) is 12.0. The Bertz CT molecular complexity index is 705. The molecule has 2 rings (SSSR count). The second-order valence-electron chi connectivity index (χ2n) is 4.92. The number of hydrogen-bond donors (Lipinski definition) is 1. The molecular formula is C18H20N2O3S. The lowest BCUT2D eigenvalue weighted by molar-refractivity contribution is -0.120. The molecule has 0 unspecified atom stereocenters. The van der Waals surface area contributed by atoms with Crippen LogP contribution in [0.2, 0.25) is 0 Å². The Morgan fingerprint density at radius 3 is 2.50 bits per heavy atom. The minimum atomic E-state index is -0.241. The molecule has 1 amide bonds. The molecule has 6 heteroatoms. The molecule has 0 radical (unpaired) electrons. The van der Waals surface area contributed by atoms with Gasteiger partial charge >= 0.3 is 0 Å². The topological polar surface area (TPSA) is 59.9 Å². The molecule has 0 fully saturated rings. The molecule has 0 saturated carbocycles. The van der Waals surface area contributed by atoms with Gasteiger partial charge in [0, 0.05) is 4.90 Å². The minimum absolute atomic E-state index is 0.152. The second kappa shape index (κ2) is 8.98. The summed E-state index contributed by atoms with van der Waals surface area (Å²) in [4.78, 5) is 13.1. The van der Waals surface area contributed by atoms with E-state index in [0.717, 1.165) is 10.5 Å². The summed E-state index contributed by atoms with van der Waals surface area (Å²) < 4.78 is 10.4. The van der Waals surface area contributed by atoms with Crippen LogP contribution in [0.3, 0.4) is 0 Å². The number of methoxy groups -OCH3 is 2. The Balaban J connectivity index is 1.92. The third-order valence-electron chi connectivity index (χ3n) is 3.22. The SMILES string of the molecule is COc1ccc(/C=N\NC(=O)[C@H](C)Sc2ccccc2)cc1OC. The van der Waals surface area contributed by atoms with Gasteiger partial charge in [-0.1, -0.05) is 18.2 Å². The van der Waals surface area contributed by atoms with E-state index in [0.29, 0.717) is 11.5 Å². The average Bonchev–Trinajstić information content (AvgIpc) is 2.62. The van der Waals surface area contributed by atoms with Gasteiger partial charge < -0.3 is 9.47 Å². The van der Waals surface area contributed by atoms with E-state index in [1.54, 1.807) is 32.6 Å². The number of amides is 1. The number of carbonyl (C=O) groups is 1. The molecule has 0 aliphatic heterocycles. The summed E-state index contributed by atoms with van der Waals surface area (Å²) in [6, 6.07) is 15.2. The van der Waals surface area contributed by atoms with E-state index in [-0.39, 0.29) is 11.2 Å². The highest BCUT2D eigenvalue weighted by atomic mass is 32.2. The molecular weight excluding hydrogens is 324 g/mol. The van der Waals surface area contributed by atoms with Crippen LogP contribution in [-0.4, -0.2) is 31.6 Å². The van der Waals surface area contributed by atoms with Crippen LogP contribution in [0.4, 0.5) is 0 Å². The van der Waals surface area contributed by atoms with E-state index in [4.69, 9.17) is 9.47 Å². The predicted octanol–water partition coefficient (Wildman–Crippen LogP) is 3.33. The van der Waals surface area contributed by atoms with Gasteiger partial charge in [-0.3, -0.25) is 4.79 Å². The molecule has 0 bridgehead atoms. The molecule has 1 N–H and O–H groups in total. The van der Waals surface area contributed by atoms with Crippen molar-refractivity contribution >= 4 is 23.9 Å². The van der Waals surface area contributed by atoms with Crippen LogP contribution in [0.5, 0.6) is 11.5 Å². The molecule has 24 heavy (non-hydrogen) atoms. The molecule has 2 aromatic rings. The Hall–Kier alpha value is -2.47. The Morgan fingerprint density at radius 2 is 1.83 bits per heavy atom. The van der Waals surface area contributed by atoms with Gasteiger partial charge in [0.2, 0.25) is 0 Å². The highest BCUT2D eigenvalue weighted by Crippen LogP contribution is 2.27. The minimum Gasteiger partial charge on any atom is -0.493 e. The lowest BCUT2D eigenvalue weighted by Gasteiger charge is -2.09. The monoisotopic (exact) mass is 344 g/mol. The van der Waals surface area contributed by atoms with Crippen molar-refractivity contribution in [2.24, 2.45) is 5.10 Å². The number of carbonyl (C=O) groups excluding carboxylic acids is 1. The van der Waals surface area contributed by atoms with Crippen molar-refractivity contribution in [3.63, 3.8) is 0 Å². The van der Waals surface area contributed by atoms with E-state index in [9.17, 15) is 4.79 Å². The maximum atomic E-state index is 12.1. The third-order valence-corrected chi connectivity index (χ3v) is 4.33. The van der Waals surface area contributed by atoms with Crippen molar-refractivity contribution in [1.29, 1.82) is 0 Å². The van der Waals surface area contributed by atoms with Crippen molar-refractivity contribution in [3.05, 3.63) is 54.1 Å². The third kappa shape index (κ3) is 5.03. The van der Waals surface area contributed by atoms with E-state index in [1.165, 1.54) is 11.8 Å². The number of thioether (sulfide) groups is 1. The highest BCUT2D eigenvalue weighted by Gasteiger charge is 2.13. The number of nitrogens with zero attached hydrogens (tertiary/aromatic N) is 1. The number of benzene rings is 2. The van der Waals surface area contributed by atoms with Crippen molar-refractivity contribution in [2.75, 3.05) is 14.2 Å². The standard InChI is InChI=1S/C18H20N2O3S/c1-13(24-15-7-5-4-6-8-15)18(21)20-19-12-14-9-10-16(22-2)17(11-14)23-3/h4-13H,1-3H3,(H,20,21)/b19-12-/t13-/m0/s1. The van der Waals surface area contributed by atoms with Crippen LogP contribution in [0, 0.1) is 0 Å². The van der Waals surface area contributed by atoms with Crippen LogP contribution in [0.25, 0.3) is 0 Å². The number of ether oxygens (including phenoxy) is 2. The van der Waals surface area contributed by atoms with Crippen LogP contribution >= 0.6 is 11.8 Å². The van der Waals surface area contributed by atoms with E-state index >= 15 is 0 Å². The first kappa shape index (κ1) is 17.9. The van der Waals surface area contributed by atoms with E-state index in [2.05, 4.69) is 10.5 Å². The van der Waals surface area contributed by atoms with Gasteiger partial charge in [0.15, 0.2) is 11.5 Å². The van der Waals surface area contributed by atoms with Gasteiger partial charge in [-0.05, 0) is 42.8 Å². The first-order chi connectivity index (χ1) is 11.6. The fraction of sp³-hybridized carbons (Fsp3) is 0.222. The van der Waals surface area contributed by atoms with Crippen LogP contribution in [-0.2, 0) is 4.79 Å². The Labute approximate surface area is 146 Å². The zero-order valence-electron chi connectivity index (χ0n) is 13.9. The van der Waals surface area contributed by atoms with Gasteiger partial charge in [-0.25, -0.2) is 5.43 Å². The number of hydrazone groups is 1. The fourth-order valence-corrected chi connectivity index (χ4v) is 2.83. The molecule has 0 saturated heterocycles. The highest BCUT2D eigenvalue weighted by molar-refractivity contribution is 8.00. The van der Waals surface area contributed by atoms with Gasteiger partial charge in [0.1, 0.15) is 0 Å². The maximum absolute atomic E-state index is 12.1. The summed E-state index contributed by atoms with van der Waals surface area (Å²) in [5, 5.41) is 3.76. The quantitative estimate of drug-likeness (QED) is 0.475. The number of hydrogen-bond acceptors (Lipinski definition) is 5. The largest absolute Gasteiger partial charge is 0.493 e. The first-order valence-electron chi connectivity index (χ1n) is 7.40. The lowest BCUT2D eigenvalue weighted by atomic mass is 10.2. The maximum Gasteiger partial charge on any atom is 0.253 e. The van der Waals surface area contributed by atoms with Gasteiger partial charge in [0.05, 0.1) is 25.7 Å². The molecule has 2 aromatic carbocycles. The van der Waals surface area contributed by atoms with E-state index in [1.807, 2.05) is 43.3 Å². The van der Waals surface area contributed by atoms with Gasteiger partial charge in [-0.15, -0.1) is 11.8 Å². The Morgan fingerprint density at radius 1 is 1.12 bits per heavy atom. The second-order valence-corrected chi connectivity index (χ2v) is 6.34.